The van der Waals surface area contributed by atoms with Crippen LogP contribution in [0.25, 0.3) is 11.3 Å². The van der Waals surface area contributed by atoms with Crippen molar-refractivity contribution in [3.63, 3.8) is 0 Å². The Kier molecular flexibility index (Phi) is 5.43. The molecule has 0 aliphatic carbocycles. The number of amides is 1. The lowest BCUT2D eigenvalue weighted by molar-refractivity contribution is -0.134. The second-order valence-corrected chi connectivity index (χ2v) is 6.01. The third-order valence-corrected chi connectivity index (χ3v) is 3.91. The summed E-state index contributed by atoms with van der Waals surface area (Å²) in [4.78, 5) is 25.2. The molecule has 7 heteroatoms. The van der Waals surface area contributed by atoms with Gasteiger partial charge in [-0.2, -0.15) is 0 Å². The summed E-state index contributed by atoms with van der Waals surface area (Å²) in [6.07, 6.45) is 1.36. The van der Waals surface area contributed by atoms with Crippen LogP contribution in [0.2, 0.25) is 5.02 Å². The van der Waals surface area contributed by atoms with E-state index in [9.17, 15) is 9.59 Å². The summed E-state index contributed by atoms with van der Waals surface area (Å²) in [5, 5.41) is 0.648. The van der Waals surface area contributed by atoms with Crippen molar-refractivity contribution in [3.8, 4) is 11.3 Å². The van der Waals surface area contributed by atoms with Gasteiger partial charge in [0.15, 0.2) is 6.61 Å². The number of benzene rings is 1. The summed E-state index contributed by atoms with van der Waals surface area (Å²) in [6.45, 7) is -0.120. The number of nitrogens with zero attached hydrogens (tertiary/aromatic N) is 1. The summed E-state index contributed by atoms with van der Waals surface area (Å²) >= 11 is 5.88. The van der Waals surface area contributed by atoms with Crippen molar-refractivity contribution < 1.29 is 23.2 Å². The van der Waals surface area contributed by atoms with Gasteiger partial charge in [0, 0.05) is 17.6 Å². The third-order valence-electron chi connectivity index (χ3n) is 3.66. The van der Waals surface area contributed by atoms with Gasteiger partial charge < -0.3 is 18.5 Å². The Bertz CT molecular complexity index is 883. The molecule has 134 valence electrons. The maximum Gasteiger partial charge on any atom is 0.374 e. The SMILES string of the molecule is CN(Cc1ccc(-c2ccc(Cl)cc2)o1)C(=O)COC(=O)c1ccco1. The molecular weight excluding hydrogens is 358 g/mol. The molecule has 0 spiro atoms. The Balaban J connectivity index is 1.54. The highest BCUT2D eigenvalue weighted by molar-refractivity contribution is 6.30. The van der Waals surface area contributed by atoms with Crippen molar-refractivity contribution in [2.75, 3.05) is 13.7 Å². The van der Waals surface area contributed by atoms with Crippen molar-refractivity contribution >= 4 is 23.5 Å². The molecule has 0 saturated carbocycles. The van der Waals surface area contributed by atoms with Crippen molar-refractivity contribution in [3.05, 3.63) is 71.3 Å². The van der Waals surface area contributed by atoms with E-state index in [2.05, 4.69) is 0 Å². The first-order valence-corrected chi connectivity index (χ1v) is 8.20. The fourth-order valence-electron chi connectivity index (χ4n) is 2.26. The van der Waals surface area contributed by atoms with Gasteiger partial charge >= 0.3 is 5.97 Å². The summed E-state index contributed by atoms with van der Waals surface area (Å²) < 4.78 is 15.6. The number of ether oxygens (including phenoxy) is 1. The van der Waals surface area contributed by atoms with Crippen LogP contribution < -0.4 is 0 Å². The summed E-state index contributed by atoms with van der Waals surface area (Å²) in [7, 11) is 1.60. The minimum atomic E-state index is -0.681. The third kappa shape index (κ3) is 4.34. The minimum absolute atomic E-state index is 0.0547. The average molecular weight is 374 g/mol. The van der Waals surface area contributed by atoms with Crippen molar-refractivity contribution in [2.24, 2.45) is 0 Å². The maximum atomic E-state index is 12.1. The van der Waals surface area contributed by atoms with E-state index < -0.39 is 5.97 Å². The van der Waals surface area contributed by atoms with E-state index in [0.29, 0.717) is 16.5 Å². The lowest BCUT2D eigenvalue weighted by Gasteiger charge is -2.15. The fourth-order valence-corrected chi connectivity index (χ4v) is 2.38. The van der Waals surface area contributed by atoms with Crippen molar-refractivity contribution in [1.29, 1.82) is 0 Å². The number of halogens is 1. The predicted molar refractivity (Wildman–Crippen MR) is 94.6 cm³/mol. The highest BCUT2D eigenvalue weighted by atomic mass is 35.5. The number of furan rings is 2. The van der Waals surface area contributed by atoms with Crippen molar-refractivity contribution in [2.45, 2.75) is 6.54 Å². The van der Waals surface area contributed by atoms with Gasteiger partial charge in [-0.15, -0.1) is 0 Å². The van der Waals surface area contributed by atoms with Gasteiger partial charge in [-0.1, -0.05) is 11.6 Å². The normalized spacial score (nSPS) is 10.5. The van der Waals surface area contributed by atoms with E-state index in [0.717, 1.165) is 5.56 Å². The van der Waals surface area contributed by atoms with Crippen LogP contribution in [0.15, 0.2) is 63.6 Å². The van der Waals surface area contributed by atoms with Crippen LogP contribution in [0, 0.1) is 0 Å². The monoisotopic (exact) mass is 373 g/mol. The fraction of sp³-hybridized carbons (Fsp3) is 0.158. The molecule has 2 heterocycles. The van der Waals surface area contributed by atoms with Gasteiger partial charge in [0.2, 0.25) is 5.76 Å². The first kappa shape index (κ1) is 17.8. The van der Waals surface area contributed by atoms with Gasteiger partial charge in [-0.3, -0.25) is 4.79 Å². The molecule has 0 unspecified atom stereocenters. The van der Waals surface area contributed by atoms with E-state index in [1.807, 2.05) is 18.2 Å². The Morgan fingerprint density at radius 1 is 1.12 bits per heavy atom. The molecule has 3 aromatic rings. The zero-order valence-corrected chi connectivity index (χ0v) is 14.7. The molecule has 0 radical (unpaired) electrons. The maximum absolute atomic E-state index is 12.1. The molecule has 0 N–H and O–H groups in total. The van der Waals surface area contributed by atoms with E-state index in [1.165, 1.54) is 17.2 Å². The molecule has 0 bridgehead atoms. The number of likely N-dealkylation sites (N-methyl/N-ethyl adjacent to an activating group) is 1. The quantitative estimate of drug-likeness (QED) is 0.610. The number of carbonyl (C=O) groups excluding carboxylic acids is 2. The molecule has 0 atom stereocenters. The predicted octanol–water partition coefficient (Wildman–Crippen LogP) is 4.01. The highest BCUT2D eigenvalue weighted by Gasteiger charge is 2.16. The van der Waals surface area contributed by atoms with Crippen molar-refractivity contribution in [1.82, 2.24) is 4.90 Å². The molecule has 3 rings (SSSR count). The Hall–Kier alpha value is -2.99. The van der Waals surface area contributed by atoms with E-state index in [-0.39, 0.29) is 24.8 Å². The largest absolute Gasteiger partial charge is 0.459 e. The summed E-state index contributed by atoms with van der Waals surface area (Å²) in [5.41, 5.74) is 0.891. The number of carbonyl (C=O) groups is 2. The lowest BCUT2D eigenvalue weighted by atomic mass is 10.2. The van der Waals surface area contributed by atoms with Gasteiger partial charge in [-0.25, -0.2) is 4.79 Å². The number of hydrogen-bond donors (Lipinski definition) is 0. The van der Waals surface area contributed by atoms with Gasteiger partial charge in [-0.05, 0) is 48.5 Å². The molecule has 0 aliphatic rings. The highest BCUT2D eigenvalue weighted by Crippen LogP contribution is 2.24. The van der Waals surface area contributed by atoms with Crippen LogP contribution in [0.5, 0.6) is 0 Å². The van der Waals surface area contributed by atoms with Crippen LogP contribution in [0.3, 0.4) is 0 Å². The Morgan fingerprint density at radius 3 is 2.58 bits per heavy atom. The molecule has 0 aliphatic heterocycles. The van der Waals surface area contributed by atoms with E-state index >= 15 is 0 Å². The second kappa shape index (κ2) is 7.93. The lowest BCUT2D eigenvalue weighted by Crippen LogP contribution is -2.30. The Morgan fingerprint density at radius 2 is 1.88 bits per heavy atom. The molecule has 1 aromatic carbocycles. The van der Waals surface area contributed by atoms with Gasteiger partial charge in [0.25, 0.3) is 5.91 Å². The summed E-state index contributed by atoms with van der Waals surface area (Å²) in [6, 6.07) is 13.9. The Labute approximate surface area is 154 Å². The number of esters is 1. The van der Waals surface area contributed by atoms with Gasteiger partial charge in [0.05, 0.1) is 12.8 Å². The second-order valence-electron chi connectivity index (χ2n) is 5.58. The molecule has 2 aromatic heterocycles. The molecule has 1 amide bonds. The minimum Gasteiger partial charge on any atom is -0.459 e. The standard InChI is InChI=1S/C19H16ClNO5/c1-21(18(22)12-25-19(23)17-3-2-10-24-17)11-15-8-9-16(26-15)13-4-6-14(20)7-5-13/h2-10H,11-12H2,1H3. The van der Waals surface area contributed by atoms with Crippen LogP contribution in [0.1, 0.15) is 16.3 Å². The first-order chi connectivity index (χ1) is 12.5. The van der Waals surface area contributed by atoms with Gasteiger partial charge in [0.1, 0.15) is 11.5 Å². The van der Waals surface area contributed by atoms with Crippen LogP contribution in [-0.2, 0) is 16.1 Å². The zero-order valence-electron chi connectivity index (χ0n) is 14.0. The molecule has 6 nitrogen and oxygen atoms in total. The zero-order chi connectivity index (χ0) is 18.5. The summed E-state index contributed by atoms with van der Waals surface area (Å²) in [5.74, 6) is 0.318. The molecular formula is C19H16ClNO5. The topological polar surface area (TPSA) is 72.9 Å². The van der Waals surface area contributed by atoms with Crippen LogP contribution >= 0.6 is 11.6 Å². The number of hydrogen-bond acceptors (Lipinski definition) is 5. The van der Waals surface area contributed by atoms with E-state index in [4.69, 9.17) is 25.2 Å². The van der Waals surface area contributed by atoms with Crippen LogP contribution in [-0.4, -0.2) is 30.4 Å². The average Bonchev–Trinajstić information content (AvgIpc) is 3.32. The molecule has 26 heavy (non-hydrogen) atoms. The first-order valence-electron chi connectivity index (χ1n) is 7.82. The molecule has 0 saturated heterocycles. The smallest absolute Gasteiger partial charge is 0.374 e. The van der Waals surface area contributed by atoms with Crippen LogP contribution in [0.4, 0.5) is 0 Å². The van der Waals surface area contributed by atoms with E-state index in [1.54, 1.807) is 31.3 Å². The molecule has 0 fully saturated rings. The number of rotatable bonds is 6.